The Balaban J connectivity index is 2.75. The Kier molecular flexibility index (Phi) is 8.39. The highest BCUT2D eigenvalue weighted by molar-refractivity contribution is 7.45. The molecule has 2 atom stereocenters. The Morgan fingerprint density at radius 3 is 1.14 bits per heavy atom. The molecule has 0 saturated heterocycles. The summed E-state index contributed by atoms with van der Waals surface area (Å²) in [6.07, 6.45) is 9.90. The number of allylic oxidation sites excluding steroid dienone is 4. The van der Waals surface area contributed by atoms with Gasteiger partial charge >= 0.3 is 0 Å². The maximum atomic E-state index is 2.64. The van der Waals surface area contributed by atoms with Crippen LogP contribution in [-0.2, 0) is 0 Å². The molecule has 2 aliphatic rings. The van der Waals surface area contributed by atoms with E-state index in [4.69, 9.17) is 0 Å². The minimum Gasteiger partial charge on any atom is -0.0890 e. The van der Waals surface area contributed by atoms with Crippen molar-refractivity contribution in [3.05, 3.63) is 22.3 Å². The second kappa shape index (κ2) is 9.75. The van der Waals surface area contributed by atoms with E-state index in [1.54, 1.807) is 38.1 Å². The zero-order valence-electron chi connectivity index (χ0n) is 20.1. The lowest BCUT2D eigenvalue weighted by atomic mass is 9.68. The maximum absolute atomic E-state index is 2.64. The average molecular weight is 419 g/mol. The van der Waals surface area contributed by atoms with Gasteiger partial charge in [-0.15, -0.1) is 0 Å². The second-order valence-corrected chi connectivity index (χ2v) is 11.6. The molecule has 28 heavy (non-hydrogen) atoms. The average Bonchev–Trinajstić information content (AvgIpc) is 3.24. The van der Waals surface area contributed by atoms with Crippen molar-refractivity contribution in [1.82, 2.24) is 0 Å². The summed E-state index contributed by atoms with van der Waals surface area (Å²) in [4.78, 5) is 0. The topological polar surface area (TPSA) is 0 Å². The van der Waals surface area contributed by atoms with Crippen molar-refractivity contribution in [3.8, 4) is 0 Å². The molecule has 0 fully saturated rings. The fourth-order valence-corrected chi connectivity index (χ4v) is 10.6. The molecular weight excluding hydrogens is 374 g/mol. The Morgan fingerprint density at radius 2 is 0.929 bits per heavy atom. The van der Waals surface area contributed by atoms with Crippen LogP contribution in [0.5, 0.6) is 0 Å². The molecule has 0 aromatic carbocycles. The van der Waals surface area contributed by atoms with Crippen molar-refractivity contribution < 1.29 is 0 Å². The fourth-order valence-electron chi connectivity index (χ4n) is 6.39. The molecule has 2 heterocycles. The Hall–Kier alpha value is -0.180. The van der Waals surface area contributed by atoms with Gasteiger partial charge in [0.1, 0.15) is 0 Å². The Labute approximate surface area is 179 Å². The number of rotatable bonds is 10. The van der Waals surface area contributed by atoms with Gasteiger partial charge in [0.25, 0.3) is 0 Å². The highest BCUT2D eigenvalue weighted by Crippen LogP contribution is 2.62. The molecule has 0 N–H and O–H groups in total. The Morgan fingerprint density at radius 1 is 0.571 bits per heavy atom. The minimum absolute atomic E-state index is 0.344. The van der Waals surface area contributed by atoms with Crippen molar-refractivity contribution in [3.63, 3.8) is 0 Å². The molecule has 2 aliphatic heterocycles. The number of hydrogen-bond acceptors (Lipinski definition) is 0. The van der Waals surface area contributed by atoms with Crippen LogP contribution in [0.3, 0.4) is 0 Å². The molecule has 0 saturated carbocycles. The van der Waals surface area contributed by atoms with Crippen molar-refractivity contribution >= 4 is 27.0 Å². The summed E-state index contributed by atoms with van der Waals surface area (Å²) in [6, 6.07) is 0. The standard InChI is InChI=1S/C26H44P2/c1-10-19-21(12-3)25(16-7,27-23(19)14-5)18(9)26(17-8)22(13-4)20(11-2)24(15-6)28-26/h18H,10-17H2,1-9H3. The van der Waals surface area contributed by atoms with Crippen LogP contribution in [0.4, 0.5) is 0 Å². The first kappa shape index (κ1) is 24.1. The van der Waals surface area contributed by atoms with Gasteiger partial charge in [-0.3, -0.25) is 0 Å². The van der Waals surface area contributed by atoms with Gasteiger partial charge < -0.3 is 0 Å². The van der Waals surface area contributed by atoms with Crippen molar-refractivity contribution in [2.75, 3.05) is 0 Å². The largest absolute Gasteiger partial charge is 0.0890 e. The summed E-state index contributed by atoms with van der Waals surface area (Å²) >= 11 is 0. The van der Waals surface area contributed by atoms with Crippen molar-refractivity contribution in [2.45, 2.75) is 124 Å². The smallest absolute Gasteiger partial charge is 0.0376 e. The van der Waals surface area contributed by atoms with E-state index in [1.165, 1.54) is 51.4 Å². The fraction of sp³-hybridized carbons (Fsp3) is 0.769. The first-order valence-corrected chi connectivity index (χ1v) is 13.8. The van der Waals surface area contributed by atoms with Crippen LogP contribution >= 0.6 is 16.4 Å². The molecular formula is C26H44P2. The third kappa shape index (κ3) is 3.46. The van der Waals surface area contributed by atoms with Crippen LogP contribution in [0.2, 0.25) is 0 Å². The molecule has 2 unspecified atom stereocenters. The first-order valence-electron chi connectivity index (χ1n) is 12.0. The van der Waals surface area contributed by atoms with E-state index in [-0.39, 0.29) is 0 Å². The summed E-state index contributed by atoms with van der Waals surface area (Å²) in [5.74, 6) is 0.694. The molecule has 2 heteroatoms. The zero-order chi connectivity index (χ0) is 21.1. The molecule has 0 aromatic heterocycles. The minimum atomic E-state index is 0.344. The van der Waals surface area contributed by atoms with Crippen LogP contribution in [0, 0.1) is 5.92 Å². The number of hydrogen-bond donors (Lipinski definition) is 0. The van der Waals surface area contributed by atoms with Crippen molar-refractivity contribution in [2.24, 2.45) is 5.92 Å². The quantitative estimate of drug-likeness (QED) is 0.310. The van der Waals surface area contributed by atoms with E-state index >= 15 is 0 Å². The summed E-state index contributed by atoms with van der Waals surface area (Å²) in [7, 11) is 3.28. The third-order valence-corrected chi connectivity index (χ3v) is 12.2. The van der Waals surface area contributed by atoms with E-state index in [2.05, 4.69) is 62.3 Å². The van der Waals surface area contributed by atoms with Gasteiger partial charge in [0.05, 0.1) is 0 Å². The van der Waals surface area contributed by atoms with Crippen LogP contribution in [-0.4, -0.2) is 20.9 Å². The highest BCUT2D eigenvalue weighted by Gasteiger charge is 2.53. The molecule has 158 valence electrons. The van der Waals surface area contributed by atoms with Gasteiger partial charge in [-0.1, -0.05) is 89.9 Å². The predicted octanol–water partition coefficient (Wildman–Crippen LogP) is 9.24. The van der Waals surface area contributed by atoms with E-state index in [0.29, 0.717) is 16.2 Å². The lowest BCUT2D eigenvalue weighted by Gasteiger charge is -2.47. The summed E-state index contributed by atoms with van der Waals surface area (Å²) in [5, 5.41) is 4.17. The van der Waals surface area contributed by atoms with Gasteiger partial charge in [0, 0.05) is 10.3 Å². The van der Waals surface area contributed by atoms with Crippen LogP contribution < -0.4 is 0 Å². The lowest BCUT2D eigenvalue weighted by Crippen LogP contribution is -2.45. The summed E-state index contributed by atoms with van der Waals surface area (Å²) in [5.41, 5.74) is 7.09. The van der Waals surface area contributed by atoms with Crippen LogP contribution in [0.25, 0.3) is 0 Å². The van der Waals surface area contributed by atoms with Crippen molar-refractivity contribution in [1.29, 1.82) is 0 Å². The normalized spacial score (nSPS) is 30.0. The lowest BCUT2D eigenvalue weighted by molar-refractivity contribution is 0.344. The Bertz CT molecular complexity index is 646. The molecule has 2 rings (SSSR count). The van der Waals surface area contributed by atoms with E-state index in [1.807, 2.05) is 11.1 Å². The SMILES string of the molecule is CCC1=PC(CC)(C(C)C2(CC)P=C(CC)C(CC)=C2CC)C(CC)=C1CC. The molecule has 0 bridgehead atoms. The van der Waals surface area contributed by atoms with E-state index < -0.39 is 0 Å². The predicted molar refractivity (Wildman–Crippen MR) is 135 cm³/mol. The van der Waals surface area contributed by atoms with Crippen LogP contribution in [0.1, 0.15) is 114 Å². The zero-order valence-corrected chi connectivity index (χ0v) is 21.9. The molecule has 0 aliphatic carbocycles. The first-order chi connectivity index (χ1) is 13.4. The van der Waals surface area contributed by atoms with Gasteiger partial charge in [0.2, 0.25) is 0 Å². The summed E-state index contributed by atoms with van der Waals surface area (Å²) < 4.78 is 0. The molecule has 0 nitrogen and oxygen atoms in total. The third-order valence-electron chi connectivity index (χ3n) is 7.73. The van der Waals surface area contributed by atoms with Crippen LogP contribution in [0.15, 0.2) is 22.3 Å². The maximum Gasteiger partial charge on any atom is 0.0376 e. The molecule has 0 spiro atoms. The van der Waals surface area contributed by atoms with E-state index in [9.17, 15) is 0 Å². The molecule has 0 amide bonds. The molecule has 0 radical (unpaired) electrons. The van der Waals surface area contributed by atoms with Gasteiger partial charge in [-0.2, -0.15) is 0 Å². The summed E-state index contributed by atoms with van der Waals surface area (Å²) in [6.45, 7) is 21.9. The second-order valence-electron chi connectivity index (χ2n) is 8.43. The van der Waals surface area contributed by atoms with Gasteiger partial charge in [-0.25, -0.2) is 0 Å². The monoisotopic (exact) mass is 418 g/mol. The van der Waals surface area contributed by atoms with Gasteiger partial charge in [-0.05, 0) is 79.0 Å². The highest BCUT2D eigenvalue weighted by atomic mass is 31.1. The van der Waals surface area contributed by atoms with Gasteiger partial charge in [0.15, 0.2) is 0 Å². The van der Waals surface area contributed by atoms with E-state index in [0.717, 1.165) is 0 Å². The molecule has 0 aromatic rings.